The van der Waals surface area contributed by atoms with E-state index in [1.54, 1.807) is 0 Å². The number of likely N-dealkylation sites (tertiary alicyclic amines) is 1. The minimum atomic E-state index is -4.79. The van der Waals surface area contributed by atoms with E-state index in [1.165, 1.54) is 0 Å². The van der Waals surface area contributed by atoms with E-state index in [2.05, 4.69) is 13.8 Å². The summed E-state index contributed by atoms with van der Waals surface area (Å²) in [6, 6.07) is -0.312. The van der Waals surface area contributed by atoms with Crippen LogP contribution < -0.4 is 0 Å². The number of Topliss-reactive ketones (excluding diaryl/α,β-unsaturated/α-hetero) is 1. The zero-order chi connectivity index (χ0) is 18.9. The average Bonchev–Trinajstić information content (AvgIpc) is 2.87. The van der Waals surface area contributed by atoms with Crippen molar-refractivity contribution in [3.63, 3.8) is 0 Å². The number of piperidine rings is 1. The first-order chi connectivity index (χ1) is 12.1. The number of halogens is 3. The van der Waals surface area contributed by atoms with Gasteiger partial charge in [0.25, 0.3) is 0 Å². The van der Waals surface area contributed by atoms with Crippen molar-refractivity contribution in [2.45, 2.75) is 77.4 Å². The van der Waals surface area contributed by atoms with E-state index in [1.807, 2.05) is 0 Å². The van der Waals surface area contributed by atoms with Crippen molar-refractivity contribution in [2.24, 2.45) is 28.6 Å². The number of carbonyl (C=O) groups is 2. The van der Waals surface area contributed by atoms with Crippen LogP contribution in [0, 0.1) is 28.6 Å². The Kier molecular flexibility index (Phi) is 4.02. The number of hydrogen-bond acceptors (Lipinski definition) is 2. The summed E-state index contributed by atoms with van der Waals surface area (Å²) < 4.78 is 39.3. The van der Waals surface area contributed by atoms with Crippen LogP contribution in [0.3, 0.4) is 0 Å². The van der Waals surface area contributed by atoms with Crippen LogP contribution in [-0.4, -0.2) is 35.4 Å². The van der Waals surface area contributed by atoms with Gasteiger partial charge in [0.15, 0.2) is 0 Å². The summed E-state index contributed by atoms with van der Waals surface area (Å²) in [5.41, 5.74) is -0.477. The van der Waals surface area contributed by atoms with Gasteiger partial charge < -0.3 is 4.90 Å². The summed E-state index contributed by atoms with van der Waals surface area (Å²) in [5.74, 6) is -0.161. The molecule has 0 unspecified atom stereocenters. The maximum absolute atomic E-state index is 13.1. The Morgan fingerprint density at radius 1 is 1.08 bits per heavy atom. The van der Waals surface area contributed by atoms with Crippen LogP contribution in [0.15, 0.2) is 0 Å². The van der Waals surface area contributed by atoms with Crippen LogP contribution in [0.5, 0.6) is 0 Å². The number of carbonyl (C=O) groups excluding carboxylic acids is 2. The second kappa shape index (κ2) is 5.71. The van der Waals surface area contributed by atoms with Crippen molar-refractivity contribution in [2.75, 3.05) is 6.54 Å². The van der Waals surface area contributed by atoms with Gasteiger partial charge in [0.1, 0.15) is 5.78 Å². The molecule has 3 saturated carbocycles. The van der Waals surface area contributed by atoms with Crippen LogP contribution >= 0.6 is 0 Å². The molecule has 0 aromatic carbocycles. The van der Waals surface area contributed by atoms with Crippen LogP contribution in [0.4, 0.5) is 13.2 Å². The number of rotatable bonds is 0. The van der Waals surface area contributed by atoms with E-state index >= 15 is 0 Å². The fourth-order valence-electron chi connectivity index (χ4n) is 7.26. The largest absolute Gasteiger partial charge is 0.471 e. The Bertz CT molecular complexity index is 633. The van der Waals surface area contributed by atoms with Gasteiger partial charge in [-0.2, -0.15) is 13.2 Å². The highest BCUT2D eigenvalue weighted by atomic mass is 19.4. The Morgan fingerprint density at radius 3 is 2.50 bits per heavy atom. The number of ketones is 1. The van der Waals surface area contributed by atoms with Crippen LogP contribution in [0.25, 0.3) is 0 Å². The summed E-state index contributed by atoms with van der Waals surface area (Å²) in [4.78, 5) is 25.6. The molecule has 1 aliphatic heterocycles. The van der Waals surface area contributed by atoms with Crippen molar-refractivity contribution < 1.29 is 22.8 Å². The number of nitrogens with zero attached hydrogens (tertiary/aromatic N) is 1. The quantitative estimate of drug-likeness (QED) is 0.635. The first-order valence-corrected chi connectivity index (χ1v) is 10.00. The van der Waals surface area contributed by atoms with Crippen LogP contribution in [0.2, 0.25) is 0 Å². The second-order valence-corrected chi connectivity index (χ2v) is 9.49. The molecule has 4 fully saturated rings. The molecule has 1 heterocycles. The molecule has 0 radical (unpaired) electrons. The molecule has 1 saturated heterocycles. The molecule has 0 aromatic rings. The molecule has 4 aliphatic rings. The third-order valence-corrected chi connectivity index (χ3v) is 8.52. The molecular formula is C20H28F3NO2. The Balaban J connectivity index is 1.63. The lowest BCUT2D eigenvalue weighted by molar-refractivity contribution is -0.200. The minimum absolute atomic E-state index is 0.218. The molecule has 0 spiro atoms. The standard InChI is InChI=1S/C20H28F3NO2/c1-18-9-3-11-24(17(26)20(21,22)23)15(18)6-4-12-13-5-7-16(25)19(13,2)10-8-14(12)18/h12-15H,3-11H2,1-2H3/t12-,13-,14-,15-,18+,19-/m0/s1. The minimum Gasteiger partial charge on any atom is -0.331 e. The highest BCUT2D eigenvalue weighted by molar-refractivity contribution is 5.87. The number of fused-ring (bicyclic) bond motifs is 5. The van der Waals surface area contributed by atoms with Crippen LogP contribution in [0.1, 0.15) is 65.2 Å². The molecular weight excluding hydrogens is 343 g/mol. The third-order valence-electron chi connectivity index (χ3n) is 8.52. The van der Waals surface area contributed by atoms with E-state index < -0.39 is 12.1 Å². The SMILES string of the molecule is C[C@]12CCCN(C(=O)C(F)(F)F)[C@H]1CC[C@@H]1[C@@H]2CC[C@]2(C)C(=O)CC[C@@H]12. The molecule has 26 heavy (non-hydrogen) atoms. The molecule has 6 atom stereocenters. The first kappa shape index (κ1) is 18.3. The highest BCUT2D eigenvalue weighted by Crippen LogP contribution is 2.63. The van der Waals surface area contributed by atoms with Gasteiger partial charge in [-0.3, -0.25) is 9.59 Å². The normalized spacial score (nSPS) is 45.7. The van der Waals surface area contributed by atoms with E-state index in [-0.39, 0.29) is 23.4 Å². The highest BCUT2D eigenvalue weighted by Gasteiger charge is 2.62. The van der Waals surface area contributed by atoms with Gasteiger partial charge in [-0.05, 0) is 68.1 Å². The lowest BCUT2D eigenvalue weighted by Gasteiger charge is -2.61. The molecule has 146 valence electrons. The zero-order valence-electron chi connectivity index (χ0n) is 15.6. The molecule has 0 bridgehead atoms. The first-order valence-electron chi connectivity index (χ1n) is 10.00. The van der Waals surface area contributed by atoms with Crippen molar-refractivity contribution in [1.82, 2.24) is 4.90 Å². The predicted octanol–water partition coefficient (Wildman–Crippen LogP) is 4.35. The van der Waals surface area contributed by atoms with Gasteiger partial charge in [0.2, 0.25) is 0 Å². The Labute approximate surface area is 152 Å². The monoisotopic (exact) mass is 371 g/mol. The number of amides is 1. The van der Waals surface area contributed by atoms with Crippen molar-refractivity contribution >= 4 is 11.7 Å². The van der Waals surface area contributed by atoms with Gasteiger partial charge in [-0.25, -0.2) is 0 Å². The fourth-order valence-corrected chi connectivity index (χ4v) is 7.26. The summed E-state index contributed by atoms with van der Waals surface area (Å²) in [6.07, 6.45) is 1.57. The van der Waals surface area contributed by atoms with E-state index in [9.17, 15) is 22.8 Å². The van der Waals surface area contributed by atoms with Crippen molar-refractivity contribution in [3.8, 4) is 0 Å². The molecule has 3 aliphatic carbocycles. The summed E-state index contributed by atoms with van der Waals surface area (Å²) in [6.45, 7) is 4.44. The second-order valence-electron chi connectivity index (χ2n) is 9.49. The van der Waals surface area contributed by atoms with Crippen LogP contribution in [-0.2, 0) is 9.59 Å². The molecule has 0 aromatic heterocycles. The Hall–Kier alpha value is -1.07. The van der Waals surface area contributed by atoms with Gasteiger partial charge in [-0.1, -0.05) is 13.8 Å². The topological polar surface area (TPSA) is 37.4 Å². The molecule has 6 heteroatoms. The van der Waals surface area contributed by atoms with Crippen molar-refractivity contribution in [1.29, 1.82) is 0 Å². The van der Waals surface area contributed by atoms with Gasteiger partial charge in [0.05, 0.1) is 0 Å². The smallest absolute Gasteiger partial charge is 0.331 e. The van der Waals surface area contributed by atoms with Gasteiger partial charge in [0, 0.05) is 24.4 Å². The fraction of sp³-hybridized carbons (Fsp3) is 0.900. The number of hydrogen-bond donors (Lipinski definition) is 0. The summed E-state index contributed by atoms with van der Waals surface area (Å²) >= 11 is 0. The average molecular weight is 371 g/mol. The molecule has 4 rings (SSSR count). The molecule has 1 amide bonds. The number of alkyl halides is 3. The lowest BCUT2D eigenvalue weighted by atomic mass is 9.47. The predicted molar refractivity (Wildman–Crippen MR) is 90.2 cm³/mol. The van der Waals surface area contributed by atoms with E-state index in [0.29, 0.717) is 42.8 Å². The van der Waals surface area contributed by atoms with E-state index in [4.69, 9.17) is 0 Å². The van der Waals surface area contributed by atoms with E-state index in [0.717, 1.165) is 37.0 Å². The third kappa shape index (κ3) is 2.39. The summed E-state index contributed by atoms with van der Waals surface area (Å²) in [5, 5.41) is 0. The zero-order valence-corrected chi connectivity index (χ0v) is 15.6. The van der Waals surface area contributed by atoms with Gasteiger partial charge >= 0.3 is 12.1 Å². The Morgan fingerprint density at radius 2 is 1.81 bits per heavy atom. The lowest BCUT2D eigenvalue weighted by Crippen LogP contribution is -2.63. The maximum Gasteiger partial charge on any atom is 0.471 e. The summed E-state index contributed by atoms with van der Waals surface area (Å²) in [7, 11) is 0. The maximum atomic E-state index is 13.1. The molecule has 3 nitrogen and oxygen atoms in total. The molecule has 0 N–H and O–H groups in total. The van der Waals surface area contributed by atoms with Gasteiger partial charge in [-0.15, -0.1) is 0 Å². The van der Waals surface area contributed by atoms with Crippen molar-refractivity contribution in [3.05, 3.63) is 0 Å².